The van der Waals surface area contributed by atoms with Crippen LogP contribution in [-0.4, -0.2) is 54.0 Å². The molecule has 1 saturated carbocycles. The molecule has 0 radical (unpaired) electrons. The highest BCUT2D eigenvalue weighted by atomic mass is 19.1. The highest BCUT2D eigenvalue weighted by Gasteiger charge is 2.39. The first-order valence-electron chi connectivity index (χ1n) is 9.12. The maximum Gasteiger partial charge on any atom is 0.258 e. The predicted octanol–water partition coefficient (Wildman–Crippen LogP) is 3.31. The van der Waals surface area contributed by atoms with Crippen molar-refractivity contribution in [2.75, 3.05) is 26.2 Å². The number of para-hydroxylation sites is 1. The normalized spacial score (nSPS) is 19.3. The highest BCUT2D eigenvalue weighted by Crippen LogP contribution is 2.35. The van der Waals surface area contributed by atoms with Crippen LogP contribution in [0.5, 0.6) is 5.75 Å². The minimum atomic E-state index is -0.459. The van der Waals surface area contributed by atoms with Gasteiger partial charge in [0.15, 0.2) is 11.6 Å². The Kier molecular flexibility index (Phi) is 5.39. The minimum Gasteiger partial charge on any atom is -0.490 e. The van der Waals surface area contributed by atoms with Gasteiger partial charge in [0.1, 0.15) is 0 Å². The fourth-order valence-electron chi connectivity index (χ4n) is 3.60. The Morgan fingerprint density at radius 1 is 1.21 bits per heavy atom. The van der Waals surface area contributed by atoms with Crippen LogP contribution in [0.4, 0.5) is 4.39 Å². The summed E-state index contributed by atoms with van der Waals surface area (Å²) in [6.45, 7) is 7.44. The zero-order chi connectivity index (χ0) is 17.1. The first-order valence-corrected chi connectivity index (χ1v) is 9.12. The zero-order valence-electron chi connectivity index (χ0n) is 14.6. The predicted molar refractivity (Wildman–Crippen MR) is 91.9 cm³/mol. The molecule has 0 bridgehead atoms. The molecule has 5 heteroatoms. The van der Waals surface area contributed by atoms with E-state index in [9.17, 15) is 9.18 Å². The molecule has 0 spiro atoms. The van der Waals surface area contributed by atoms with Gasteiger partial charge in [0.2, 0.25) is 0 Å². The maximum absolute atomic E-state index is 14.1. The Labute approximate surface area is 143 Å². The number of hydrogen-bond donors (Lipinski definition) is 0. The number of hydrogen-bond acceptors (Lipinski definition) is 3. The number of rotatable bonds is 6. The van der Waals surface area contributed by atoms with E-state index in [0.29, 0.717) is 18.2 Å². The van der Waals surface area contributed by atoms with Crippen molar-refractivity contribution >= 4 is 5.91 Å². The Bertz CT molecular complexity index is 581. The lowest BCUT2D eigenvalue weighted by Gasteiger charge is -2.38. The van der Waals surface area contributed by atoms with Crippen molar-refractivity contribution in [1.29, 1.82) is 0 Å². The molecule has 24 heavy (non-hydrogen) atoms. The molecule has 0 aromatic heterocycles. The molecule has 132 valence electrons. The second kappa shape index (κ2) is 7.51. The molecular formula is C19H27FN2O2. The van der Waals surface area contributed by atoms with E-state index in [1.807, 2.05) is 4.90 Å². The molecule has 2 fully saturated rings. The van der Waals surface area contributed by atoms with Crippen LogP contribution >= 0.6 is 0 Å². The molecule has 0 atom stereocenters. The van der Waals surface area contributed by atoms with Gasteiger partial charge in [-0.2, -0.15) is 0 Å². The lowest BCUT2D eigenvalue weighted by atomic mass is 10.0. The van der Waals surface area contributed by atoms with Crippen molar-refractivity contribution in [3.05, 3.63) is 29.6 Å². The third-order valence-electron chi connectivity index (χ3n) is 5.06. The molecular weight excluding hydrogens is 307 g/mol. The topological polar surface area (TPSA) is 32.8 Å². The number of piperidine rings is 1. The van der Waals surface area contributed by atoms with Gasteiger partial charge in [-0.15, -0.1) is 0 Å². The maximum atomic E-state index is 14.1. The molecule has 1 aromatic carbocycles. The van der Waals surface area contributed by atoms with Crippen LogP contribution in [0.3, 0.4) is 0 Å². The van der Waals surface area contributed by atoms with Crippen LogP contribution in [-0.2, 0) is 0 Å². The number of carbonyl (C=O) groups is 1. The molecule has 4 nitrogen and oxygen atoms in total. The van der Waals surface area contributed by atoms with Gasteiger partial charge in [-0.05, 0) is 51.3 Å². The molecule has 1 aliphatic carbocycles. The molecule has 1 saturated heterocycles. The van der Waals surface area contributed by atoms with Crippen molar-refractivity contribution < 1.29 is 13.9 Å². The Morgan fingerprint density at radius 2 is 1.88 bits per heavy atom. The molecule has 1 aromatic rings. The Hall–Kier alpha value is -1.62. The quantitative estimate of drug-likeness (QED) is 0.800. The van der Waals surface area contributed by atoms with Gasteiger partial charge >= 0.3 is 0 Å². The number of ether oxygens (including phenoxy) is 1. The third kappa shape index (κ3) is 3.56. The lowest BCUT2D eigenvalue weighted by molar-refractivity contribution is 0.0549. The van der Waals surface area contributed by atoms with Crippen LogP contribution in [0.1, 0.15) is 49.9 Å². The van der Waals surface area contributed by atoms with Gasteiger partial charge in [-0.1, -0.05) is 13.0 Å². The first kappa shape index (κ1) is 17.2. The average molecular weight is 334 g/mol. The second-order valence-corrected chi connectivity index (χ2v) is 6.66. The van der Waals surface area contributed by atoms with Crippen LogP contribution in [0.15, 0.2) is 18.2 Å². The summed E-state index contributed by atoms with van der Waals surface area (Å²) in [7, 11) is 0. The van der Waals surface area contributed by atoms with Crippen molar-refractivity contribution in [2.45, 2.75) is 51.6 Å². The van der Waals surface area contributed by atoms with Crippen molar-refractivity contribution in [2.24, 2.45) is 0 Å². The van der Waals surface area contributed by atoms with Crippen LogP contribution in [0.25, 0.3) is 0 Å². The summed E-state index contributed by atoms with van der Waals surface area (Å²) >= 11 is 0. The number of nitrogens with zero attached hydrogens (tertiary/aromatic N) is 2. The largest absolute Gasteiger partial charge is 0.490 e. The summed E-state index contributed by atoms with van der Waals surface area (Å²) in [5.74, 6) is -0.434. The summed E-state index contributed by atoms with van der Waals surface area (Å²) in [4.78, 5) is 17.6. The van der Waals surface area contributed by atoms with Crippen molar-refractivity contribution in [1.82, 2.24) is 9.80 Å². The van der Waals surface area contributed by atoms with Crippen LogP contribution in [0, 0.1) is 5.82 Å². The molecule has 0 N–H and O–H groups in total. The summed E-state index contributed by atoms with van der Waals surface area (Å²) in [5.41, 5.74) is 0.363. The van der Waals surface area contributed by atoms with E-state index in [1.54, 1.807) is 19.1 Å². The number of halogens is 1. The van der Waals surface area contributed by atoms with Crippen molar-refractivity contribution in [3.8, 4) is 5.75 Å². The fraction of sp³-hybridized carbons (Fsp3) is 0.632. The van der Waals surface area contributed by atoms with Gasteiger partial charge in [0.05, 0.1) is 12.2 Å². The number of likely N-dealkylation sites (tertiary alicyclic amines) is 1. The summed E-state index contributed by atoms with van der Waals surface area (Å²) in [5, 5.41) is 0. The van der Waals surface area contributed by atoms with E-state index < -0.39 is 5.82 Å². The van der Waals surface area contributed by atoms with Gasteiger partial charge in [-0.25, -0.2) is 4.39 Å². The Balaban J connectivity index is 1.82. The molecule has 3 rings (SSSR count). The smallest absolute Gasteiger partial charge is 0.258 e. The van der Waals surface area contributed by atoms with Crippen LogP contribution in [0.2, 0.25) is 0 Å². The van der Waals surface area contributed by atoms with E-state index in [1.165, 1.54) is 6.07 Å². The third-order valence-corrected chi connectivity index (χ3v) is 5.06. The van der Waals surface area contributed by atoms with E-state index in [4.69, 9.17) is 4.74 Å². The monoisotopic (exact) mass is 334 g/mol. The number of benzene rings is 1. The van der Waals surface area contributed by atoms with Gasteiger partial charge < -0.3 is 14.5 Å². The standard InChI is InChI=1S/C19H27FN2O2/c1-3-21-12-10-15(11-13-21)22(14-8-9-14)19(23)16-6-5-7-17(20)18(16)24-4-2/h5-7,14-15H,3-4,8-13H2,1-2H3. The van der Waals surface area contributed by atoms with E-state index >= 15 is 0 Å². The molecule has 1 aliphatic heterocycles. The van der Waals surface area contributed by atoms with Crippen LogP contribution < -0.4 is 4.74 Å². The molecule has 1 heterocycles. The summed E-state index contributed by atoms with van der Waals surface area (Å²) in [6, 6.07) is 5.20. The van der Waals surface area contributed by atoms with E-state index in [-0.39, 0.29) is 17.7 Å². The highest BCUT2D eigenvalue weighted by molar-refractivity contribution is 5.97. The average Bonchev–Trinajstić information content (AvgIpc) is 3.42. The zero-order valence-corrected chi connectivity index (χ0v) is 14.6. The second-order valence-electron chi connectivity index (χ2n) is 6.66. The molecule has 0 unspecified atom stereocenters. The summed E-state index contributed by atoms with van der Waals surface area (Å²) < 4.78 is 19.5. The fourth-order valence-corrected chi connectivity index (χ4v) is 3.60. The molecule has 2 aliphatic rings. The Morgan fingerprint density at radius 3 is 2.46 bits per heavy atom. The SMILES string of the molecule is CCOc1c(F)cccc1C(=O)N(C1CC1)C1CCN(CC)CC1. The van der Waals surface area contributed by atoms with E-state index in [2.05, 4.69) is 11.8 Å². The first-order chi connectivity index (χ1) is 11.7. The van der Waals surface area contributed by atoms with Gasteiger partial charge in [-0.3, -0.25) is 4.79 Å². The van der Waals surface area contributed by atoms with Gasteiger partial charge in [0, 0.05) is 25.2 Å². The van der Waals surface area contributed by atoms with Crippen molar-refractivity contribution in [3.63, 3.8) is 0 Å². The minimum absolute atomic E-state index is 0.0737. The number of amides is 1. The lowest BCUT2D eigenvalue weighted by Crippen LogP contribution is -2.48. The summed E-state index contributed by atoms with van der Waals surface area (Å²) in [6.07, 6.45) is 4.10. The van der Waals surface area contributed by atoms with Gasteiger partial charge in [0.25, 0.3) is 5.91 Å². The van der Waals surface area contributed by atoms with E-state index in [0.717, 1.165) is 45.3 Å². The molecule has 1 amide bonds. The number of carbonyl (C=O) groups excluding carboxylic acids is 1.